The predicted octanol–water partition coefficient (Wildman–Crippen LogP) is 1.03. The number of aromatic nitrogens is 1. The second-order valence-electron chi connectivity index (χ2n) is 3.49. The summed E-state index contributed by atoms with van der Waals surface area (Å²) in [4.78, 5) is 3.95. The molecule has 1 unspecified atom stereocenters. The molecule has 92 valence electrons. The summed E-state index contributed by atoms with van der Waals surface area (Å²) < 4.78 is 5.50. The molecule has 1 aliphatic heterocycles. The highest BCUT2D eigenvalue weighted by atomic mass is 35.5. The molecule has 1 aliphatic rings. The highest BCUT2D eigenvalue weighted by molar-refractivity contribution is 5.85. The first-order chi connectivity index (χ1) is 6.84. The topological polar surface area (TPSA) is 54.4 Å². The van der Waals surface area contributed by atoms with Crippen LogP contribution in [0.2, 0.25) is 0 Å². The molecule has 2 N–H and O–H groups in total. The Kier molecular flexibility index (Phi) is 7.42. The number of hydrogen-bond donors (Lipinski definition) is 2. The summed E-state index contributed by atoms with van der Waals surface area (Å²) in [6.45, 7) is 1.25. The van der Waals surface area contributed by atoms with Crippen molar-refractivity contribution in [2.75, 3.05) is 13.2 Å². The number of hydrogen-bond acceptors (Lipinski definition) is 4. The van der Waals surface area contributed by atoms with E-state index < -0.39 is 0 Å². The van der Waals surface area contributed by atoms with Crippen LogP contribution in [0.1, 0.15) is 6.42 Å². The number of pyridine rings is 1. The first kappa shape index (κ1) is 15.4. The zero-order valence-electron chi connectivity index (χ0n) is 8.70. The van der Waals surface area contributed by atoms with Crippen LogP contribution in [0.25, 0.3) is 0 Å². The monoisotopic (exact) mass is 266 g/mol. The van der Waals surface area contributed by atoms with Crippen LogP contribution in [0.5, 0.6) is 5.75 Å². The Bertz CT molecular complexity index is 287. The van der Waals surface area contributed by atoms with Gasteiger partial charge in [-0.2, -0.15) is 0 Å². The van der Waals surface area contributed by atoms with Gasteiger partial charge in [-0.15, -0.1) is 24.8 Å². The molecule has 0 spiro atoms. The van der Waals surface area contributed by atoms with Crippen molar-refractivity contribution in [2.45, 2.75) is 18.6 Å². The van der Waals surface area contributed by atoms with Gasteiger partial charge in [-0.05, 0) is 18.6 Å². The summed E-state index contributed by atoms with van der Waals surface area (Å²) in [6, 6.07) is 3.97. The molecule has 0 aliphatic carbocycles. The lowest BCUT2D eigenvalue weighted by Gasteiger charge is -2.11. The average Bonchev–Trinajstić information content (AvgIpc) is 2.63. The Morgan fingerprint density at radius 2 is 2.31 bits per heavy atom. The summed E-state index contributed by atoms with van der Waals surface area (Å²) >= 11 is 0. The van der Waals surface area contributed by atoms with Gasteiger partial charge in [0.15, 0.2) is 0 Å². The van der Waals surface area contributed by atoms with Crippen molar-refractivity contribution in [1.29, 1.82) is 0 Å². The maximum Gasteiger partial charge on any atom is 0.137 e. The van der Waals surface area contributed by atoms with Crippen LogP contribution < -0.4 is 10.1 Å². The molecular weight excluding hydrogens is 251 g/mol. The third-order valence-corrected chi connectivity index (χ3v) is 2.28. The van der Waals surface area contributed by atoms with Crippen molar-refractivity contribution in [3.63, 3.8) is 0 Å². The number of β-amino-alcohol motifs (C(OH)–C–C–N with tert-alkyl or cyclic N) is 1. The summed E-state index contributed by atoms with van der Waals surface area (Å²) in [7, 11) is 0. The minimum absolute atomic E-state index is 0. The molecule has 0 aromatic carbocycles. The first-order valence-electron chi connectivity index (χ1n) is 4.79. The molecule has 0 amide bonds. The summed E-state index contributed by atoms with van der Waals surface area (Å²) in [6.07, 6.45) is 3.94. The van der Waals surface area contributed by atoms with Gasteiger partial charge in [-0.3, -0.25) is 4.98 Å². The molecule has 1 fully saturated rings. The number of nitrogens with zero attached hydrogens (tertiary/aromatic N) is 1. The van der Waals surface area contributed by atoms with E-state index in [9.17, 15) is 5.11 Å². The number of aliphatic hydroxyl groups excluding tert-OH is 1. The zero-order valence-corrected chi connectivity index (χ0v) is 10.3. The van der Waals surface area contributed by atoms with Gasteiger partial charge in [0.05, 0.1) is 12.3 Å². The van der Waals surface area contributed by atoms with Crippen molar-refractivity contribution in [2.24, 2.45) is 0 Å². The standard InChI is InChI=1S/C10H14N2O2.2ClH/c13-9-4-8(12-5-9)7-14-10-2-1-3-11-6-10;;/h1-3,6,8-9,12-13H,4-5,7H2;2*1H/t8?,9-;;/m0../s1. The molecule has 4 nitrogen and oxygen atoms in total. The van der Waals surface area contributed by atoms with Crippen LogP contribution in [-0.4, -0.2) is 35.4 Å². The average molecular weight is 267 g/mol. The van der Waals surface area contributed by atoms with Crippen LogP contribution in [-0.2, 0) is 0 Å². The molecule has 2 atom stereocenters. The van der Waals surface area contributed by atoms with Crippen molar-refractivity contribution in [3.8, 4) is 5.75 Å². The molecule has 1 aromatic heterocycles. The van der Waals surface area contributed by atoms with E-state index in [1.165, 1.54) is 0 Å². The van der Waals surface area contributed by atoms with Gasteiger partial charge >= 0.3 is 0 Å². The molecule has 2 rings (SSSR count). The fourth-order valence-corrected chi connectivity index (χ4v) is 1.55. The van der Waals surface area contributed by atoms with Gasteiger partial charge in [-0.1, -0.05) is 0 Å². The number of nitrogens with one attached hydrogen (secondary N) is 1. The molecule has 2 heterocycles. The molecule has 0 saturated carbocycles. The predicted molar refractivity (Wildman–Crippen MR) is 66.6 cm³/mol. The normalized spacial score (nSPS) is 23.1. The van der Waals surface area contributed by atoms with Crippen molar-refractivity contribution >= 4 is 24.8 Å². The molecule has 0 bridgehead atoms. The van der Waals surface area contributed by atoms with Gasteiger partial charge < -0.3 is 15.2 Å². The second kappa shape index (κ2) is 7.68. The summed E-state index contributed by atoms with van der Waals surface area (Å²) in [5.74, 6) is 0.774. The van der Waals surface area contributed by atoms with Gasteiger partial charge in [0.25, 0.3) is 0 Å². The fraction of sp³-hybridized carbons (Fsp3) is 0.500. The van der Waals surface area contributed by atoms with Crippen LogP contribution >= 0.6 is 24.8 Å². The Labute approximate surface area is 107 Å². The summed E-state index contributed by atoms with van der Waals surface area (Å²) in [5, 5.41) is 12.4. The third-order valence-electron chi connectivity index (χ3n) is 2.28. The van der Waals surface area contributed by atoms with E-state index in [-0.39, 0.29) is 37.0 Å². The quantitative estimate of drug-likeness (QED) is 0.858. The van der Waals surface area contributed by atoms with Gasteiger partial charge in [0, 0.05) is 18.8 Å². The van der Waals surface area contributed by atoms with Gasteiger partial charge in [0.2, 0.25) is 0 Å². The maximum absolute atomic E-state index is 9.27. The first-order valence-corrected chi connectivity index (χ1v) is 4.79. The van der Waals surface area contributed by atoms with Crippen LogP contribution in [0.3, 0.4) is 0 Å². The van der Waals surface area contributed by atoms with E-state index in [1.54, 1.807) is 12.4 Å². The lowest BCUT2D eigenvalue weighted by Crippen LogP contribution is -2.28. The van der Waals surface area contributed by atoms with Crippen LogP contribution in [0, 0.1) is 0 Å². The lowest BCUT2D eigenvalue weighted by molar-refractivity contribution is 0.187. The zero-order chi connectivity index (χ0) is 9.80. The molecule has 0 radical (unpaired) electrons. The van der Waals surface area contributed by atoms with Gasteiger partial charge in [0.1, 0.15) is 12.4 Å². The SMILES string of the molecule is Cl.Cl.O[C@@H]1CNC(COc2cccnc2)C1. The Balaban J connectivity index is 0.00000112. The van der Waals surface area contributed by atoms with Crippen molar-refractivity contribution < 1.29 is 9.84 Å². The smallest absolute Gasteiger partial charge is 0.137 e. The van der Waals surface area contributed by atoms with E-state index in [2.05, 4.69) is 10.3 Å². The van der Waals surface area contributed by atoms with Crippen LogP contribution in [0.4, 0.5) is 0 Å². The number of halogens is 2. The molecule has 1 aromatic rings. The third kappa shape index (κ3) is 4.53. The Hall–Kier alpha value is -0.550. The van der Waals surface area contributed by atoms with E-state index >= 15 is 0 Å². The number of rotatable bonds is 3. The van der Waals surface area contributed by atoms with E-state index in [4.69, 9.17) is 4.74 Å². The second-order valence-corrected chi connectivity index (χ2v) is 3.49. The summed E-state index contributed by atoms with van der Waals surface area (Å²) in [5.41, 5.74) is 0. The molecular formula is C10H16Cl2N2O2. The fourth-order valence-electron chi connectivity index (χ4n) is 1.55. The highest BCUT2D eigenvalue weighted by Gasteiger charge is 2.22. The van der Waals surface area contributed by atoms with Crippen LogP contribution in [0.15, 0.2) is 24.5 Å². The highest BCUT2D eigenvalue weighted by Crippen LogP contribution is 2.10. The van der Waals surface area contributed by atoms with E-state index in [1.807, 2.05) is 12.1 Å². The maximum atomic E-state index is 9.27. The largest absolute Gasteiger partial charge is 0.490 e. The number of aliphatic hydroxyl groups is 1. The lowest BCUT2D eigenvalue weighted by atomic mass is 10.2. The Morgan fingerprint density at radius 1 is 1.50 bits per heavy atom. The van der Waals surface area contributed by atoms with E-state index in [0.29, 0.717) is 13.2 Å². The minimum Gasteiger partial charge on any atom is -0.490 e. The van der Waals surface area contributed by atoms with Crippen molar-refractivity contribution in [1.82, 2.24) is 10.3 Å². The van der Waals surface area contributed by atoms with Crippen molar-refractivity contribution in [3.05, 3.63) is 24.5 Å². The van der Waals surface area contributed by atoms with Gasteiger partial charge in [-0.25, -0.2) is 0 Å². The van der Waals surface area contributed by atoms with E-state index in [0.717, 1.165) is 12.2 Å². The molecule has 1 saturated heterocycles. The Morgan fingerprint density at radius 3 is 2.88 bits per heavy atom. The molecule has 6 heteroatoms. The molecule has 16 heavy (non-hydrogen) atoms. The minimum atomic E-state index is -0.225. The number of ether oxygens (including phenoxy) is 1.